The summed E-state index contributed by atoms with van der Waals surface area (Å²) in [6.07, 6.45) is 2.76. The highest BCUT2D eigenvalue weighted by Gasteiger charge is 2.22. The van der Waals surface area contributed by atoms with E-state index in [1.54, 1.807) is 6.20 Å². The van der Waals surface area contributed by atoms with Gasteiger partial charge in [0.1, 0.15) is 5.82 Å². The molecule has 0 spiro atoms. The molecule has 1 aromatic heterocycles. The average molecular weight is 300 g/mol. The lowest BCUT2D eigenvalue weighted by Gasteiger charge is -2.33. The van der Waals surface area contributed by atoms with Crippen molar-refractivity contribution < 1.29 is 4.74 Å². The van der Waals surface area contributed by atoms with E-state index >= 15 is 0 Å². The fourth-order valence-corrected chi connectivity index (χ4v) is 2.43. The Labute approximate surface area is 130 Å². The molecule has 2 rings (SSSR count). The first kappa shape index (κ1) is 16.2. The van der Waals surface area contributed by atoms with Crippen LogP contribution in [0.1, 0.15) is 12.8 Å². The number of hydrogen-bond acceptors (Lipinski definition) is 7. The van der Waals surface area contributed by atoms with Crippen LogP contribution in [-0.2, 0) is 4.74 Å². The summed E-state index contributed by atoms with van der Waals surface area (Å²) in [6, 6.07) is 8.08. The Morgan fingerprint density at radius 3 is 3.14 bits per heavy atom. The zero-order valence-electron chi connectivity index (χ0n) is 12.5. The SMILES string of the molecule is N#CCC[C@H](C#N)CN1CCO[C@@H](CNc2cccnn2)C1. The maximum Gasteiger partial charge on any atom is 0.148 e. The van der Waals surface area contributed by atoms with Crippen LogP contribution in [0.2, 0.25) is 0 Å². The Morgan fingerprint density at radius 1 is 1.50 bits per heavy atom. The molecule has 0 aromatic carbocycles. The molecule has 2 heterocycles. The van der Waals surface area contributed by atoms with E-state index in [-0.39, 0.29) is 12.0 Å². The van der Waals surface area contributed by atoms with Gasteiger partial charge in [0.15, 0.2) is 0 Å². The Bertz CT molecular complexity index is 523. The molecular formula is C15H20N6O. The van der Waals surface area contributed by atoms with Gasteiger partial charge < -0.3 is 10.1 Å². The Morgan fingerprint density at radius 2 is 2.41 bits per heavy atom. The van der Waals surface area contributed by atoms with Crippen LogP contribution in [-0.4, -0.2) is 54.0 Å². The molecule has 116 valence electrons. The third kappa shape index (κ3) is 5.28. The second-order valence-corrected chi connectivity index (χ2v) is 5.26. The van der Waals surface area contributed by atoms with Gasteiger partial charge in [0.05, 0.1) is 30.8 Å². The van der Waals surface area contributed by atoms with Crippen molar-refractivity contribution in [1.29, 1.82) is 10.5 Å². The van der Waals surface area contributed by atoms with Crippen LogP contribution in [0.25, 0.3) is 0 Å². The first-order chi connectivity index (χ1) is 10.8. The van der Waals surface area contributed by atoms with E-state index in [1.807, 2.05) is 12.1 Å². The van der Waals surface area contributed by atoms with Gasteiger partial charge in [-0.15, -0.1) is 5.10 Å². The molecule has 1 N–H and O–H groups in total. The van der Waals surface area contributed by atoms with Gasteiger partial charge in [0.25, 0.3) is 0 Å². The third-order valence-electron chi connectivity index (χ3n) is 3.57. The summed E-state index contributed by atoms with van der Waals surface area (Å²) in [7, 11) is 0. The van der Waals surface area contributed by atoms with Crippen molar-refractivity contribution in [2.24, 2.45) is 5.92 Å². The van der Waals surface area contributed by atoms with Crippen LogP contribution in [0.15, 0.2) is 18.3 Å². The third-order valence-corrected chi connectivity index (χ3v) is 3.57. The molecule has 1 aromatic rings. The van der Waals surface area contributed by atoms with E-state index in [2.05, 4.69) is 32.6 Å². The zero-order valence-corrected chi connectivity index (χ0v) is 12.5. The van der Waals surface area contributed by atoms with E-state index in [1.165, 1.54) is 0 Å². The van der Waals surface area contributed by atoms with E-state index in [0.717, 1.165) is 18.9 Å². The minimum absolute atomic E-state index is 0.0612. The summed E-state index contributed by atoms with van der Waals surface area (Å²) < 4.78 is 5.74. The predicted molar refractivity (Wildman–Crippen MR) is 80.7 cm³/mol. The minimum atomic E-state index is -0.0913. The number of nitrogens with one attached hydrogen (secondary N) is 1. The van der Waals surface area contributed by atoms with Crippen molar-refractivity contribution in [1.82, 2.24) is 15.1 Å². The molecule has 1 aliphatic rings. The molecule has 0 amide bonds. The van der Waals surface area contributed by atoms with Crippen molar-refractivity contribution in [3.05, 3.63) is 18.3 Å². The second kappa shape index (κ2) is 8.93. The average Bonchev–Trinajstić information content (AvgIpc) is 2.58. The maximum atomic E-state index is 9.16. The summed E-state index contributed by atoms with van der Waals surface area (Å²) in [5.41, 5.74) is 0. The molecular weight excluding hydrogens is 280 g/mol. The molecule has 22 heavy (non-hydrogen) atoms. The van der Waals surface area contributed by atoms with Crippen LogP contribution in [0.4, 0.5) is 5.82 Å². The number of hydrogen-bond donors (Lipinski definition) is 1. The maximum absolute atomic E-state index is 9.16. The molecule has 0 radical (unpaired) electrons. The largest absolute Gasteiger partial charge is 0.374 e. The van der Waals surface area contributed by atoms with Crippen molar-refractivity contribution in [3.63, 3.8) is 0 Å². The van der Waals surface area contributed by atoms with Gasteiger partial charge in [0.2, 0.25) is 0 Å². The van der Waals surface area contributed by atoms with Crippen LogP contribution in [0.5, 0.6) is 0 Å². The topological polar surface area (TPSA) is 97.9 Å². The summed E-state index contributed by atoms with van der Waals surface area (Å²) in [4.78, 5) is 2.23. The normalized spacial score (nSPS) is 19.8. The van der Waals surface area contributed by atoms with Crippen molar-refractivity contribution in [2.45, 2.75) is 18.9 Å². The van der Waals surface area contributed by atoms with Gasteiger partial charge in [0, 0.05) is 38.8 Å². The van der Waals surface area contributed by atoms with Gasteiger partial charge in [-0.2, -0.15) is 15.6 Å². The molecule has 7 heteroatoms. The van der Waals surface area contributed by atoms with E-state index in [0.29, 0.717) is 32.5 Å². The number of rotatable bonds is 7. The monoisotopic (exact) mass is 300 g/mol. The predicted octanol–water partition coefficient (Wildman–Crippen LogP) is 1.03. The lowest BCUT2D eigenvalue weighted by Crippen LogP contribution is -2.46. The van der Waals surface area contributed by atoms with Gasteiger partial charge in [-0.25, -0.2) is 0 Å². The highest BCUT2D eigenvalue weighted by molar-refractivity contribution is 5.31. The highest BCUT2D eigenvalue weighted by atomic mass is 16.5. The first-order valence-corrected chi connectivity index (χ1v) is 7.44. The molecule has 1 saturated heterocycles. The second-order valence-electron chi connectivity index (χ2n) is 5.26. The van der Waals surface area contributed by atoms with Crippen molar-refractivity contribution in [2.75, 3.05) is 38.1 Å². The van der Waals surface area contributed by atoms with Crippen molar-refractivity contribution in [3.8, 4) is 12.1 Å². The van der Waals surface area contributed by atoms with Gasteiger partial charge in [-0.3, -0.25) is 4.90 Å². The summed E-state index contributed by atoms with van der Waals surface area (Å²) in [6.45, 7) is 3.61. The standard InChI is InChI=1S/C15H20N6O/c16-5-1-3-13(9-17)11-21-7-8-22-14(12-21)10-18-15-4-2-6-19-20-15/h2,4,6,13-14H,1,3,7-8,10-12H2,(H,18,20)/t13-,14+/m1/s1. The number of aromatic nitrogens is 2. The van der Waals surface area contributed by atoms with Crippen LogP contribution in [0.3, 0.4) is 0 Å². The van der Waals surface area contributed by atoms with Gasteiger partial charge in [-0.1, -0.05) is 0 Å². The summed E-state index contributed by atoms with van der Waals surface area (Å²) >= 11 is 0. The molecule has 1 aliphatic heterocycles. The summed E-state index contributed by atoms with van der Waals surface area (Å²) in [5, 5.41) is 28.8. The lowest BCUT2D eigenvalue weighted by atomic mass is 10.0. The molecule has 7 nitrogen and oxygen atoms in total. The van der Waals surface area contributed by atoms with E-state index < -0.39 is 0 Å². The smallest absolute Gasteiger partial charge is 0.148 e. The zero-order chi connectivity index (χ0) is 15.6. The number of ether oxygens (including phenoxy) is 1. The number of morpholine rings is 1. The number of anilines is 1. The lowest BCUT2D eigenvalue weighted by molar-refractivity contribution is -0.0240. The molecule has 2 atom stereocenters. The Kier molecular flexibility index (Phi) is 6.56. The van der Waals surface area contributed by atoms with Crippen LogP contribution >= 0.6 is 0 Å². The van der Waals surface area contributed by atoms with Gasteiger partial charge in [-0.05, 0) is 18.6 Å². The fourth-order valence-electron chi connectivity index (χ4n) is 2.43. The molecule has 0 saturated carbocycles. The molecule has 0 unspecified atom stereocenters. The van der Waals surface area contributed by atoms with Crippen molar-refractivity contribution >= 4 is 5.82 Å². The van der Waals surface area contributed by atoms with Gasteiger partial charge >= 0.3 is 0 Å². The Balaban J connectivity index is 1.76. The first-order valence-electron chi connectivity index (χ1n) is 7.44. The van der Waals surface area contributed by atoms with Crippen LogP contribution in [0, 0.1) is 28.6 Å². The van der Waals surface area contributed by atoms with Crippen LogP contribution < -0.4 is 5.32 Å². The van der Waals surface area contributed by atoms with E-state index in [4.69, 9.17) is 15.3 Å². The minimum Gasteiger partial charge on any atom is -0.374 e. The molecule has 0 bridgehead atoms. The number of nitrogens with zero attached hydrogens (tertiary/aromatic N) is 5. The highest BCUT2D eigenvalue weighted by Crippen LogP contribution is 2.12. The fraction of sp³-hybridized carbons (Fsp3) is 0.600. The molecule has 0 aliphatic carbocycles. The quantitative estimate of drug-likeness (QED) is 0.803. The Hall–Kier alpha value is -2.22. The number of nitriles is 2. The molecule has 1 fully saturated rings. The van der Waals surface area contributed by atoms with E-state index in [9.17, 15) is 0 Å². The summed E-state index contributed by atoms with van der Waals surface area (Å²) in [5.74, 6) is 0.637.